The lowest BCUT2D eigenvalue weighted by atomic mass is 10.1. The van der Waals surface area contributed by atoms with Crippen LogP contribution in [-0.2, 0) is 6.61 Å². The van der Waals surface area contributed by atoms with Gasteiger partial charge in [-0.1, -0.05) is 42.5 Å². The smallest absolute Gasteiger partial charge is 0.119 e. The number of ether oxygens (including phenoxy) is 1. The predicted octanol–water partition coefficient (Wildman–Crippen LogP) is 2.65. The molecule has 3 nitrogen and oxygen atoms in total. The Morgan fingerprint density at radius 1 is 1.00 bits per heavy atom. The minimum atomic E-state index is -0.117. The van der Waals surface area contributed by atoms with Gasteiger partial charge in [-0.3, -0.25) is 0 Å². The third-order valence-electron chi connectivity index (χ3n) is 3.00. The summed E-state index contributed by atoms with van der Waals surface area (Å²) in [5.41, 5.74) is 8.08. The van der Waals surface area contributed by atoms with E-state index < -0.39 is 0 Å². The fourth-order valence-corrected chi connectivity index (χ4v) is 1.86. The zero-order valence-corrected chi connectivity index (χ0v) is 10.8. The van der Waals surface area contributed by atoms with E-state index in [1.54, 1.807) is 0 Å². The lowest BCUT2D eigenvalue weighted by molar-refractivity contribution is 0.276. The van der Waals surface area contributed by atoms with Crippen molar-refractivity contribution in [3.8, 4) is 5.75 Å². The summed E-state index contributed by atoms with van der Waals surface area (Å²) in [4.78, 5) is 0. The average Bonchev–Trinajstić information content (AvgIpc) is 2.47. The van der Waals surface area contributed by atoms with Crippen molar-refractivity contribution in [2.24, 2.45) is 5.73 Å². The van der Waals surface area contributed by atoms with E-state index in [2.05, 4.69) is 0 Å². The first-order chi connectivity index (χ1) is 9.29. The Hall–Kier alpha value is -1.84. The number of rotatable bonds is 6. The number of aliphatic hydroxyl groups excluding tert-OH is 1. The molecule has 2 rings (SSSR count). The van der Waals surface area contributed by atoms with Gasteiger partial charge in [-0.2, -0.15) is 0 Å². The lowest BCUT2D eigenvalue weighted by Crippen LogP contribution is -2.11. The van der Waals surface area contributed by atoms with E-state index in [0.29, 0.717) is 13.0 Å². The fourth-order valence-electron chi connectivity index (χ4n) is 1.86. The maximum absolute atomic E-state index is 8.86. The summed E-state index contributed by atoms with van der Waals surface area (Å²) in [6, 6.07) is 17.6. The normalized spacial score (nSPS) is 12.1. The molecule has 0 spiro atoms. The van der Waals surface area contributed by atoms with Crippen molar-refractivity contribution in [1.82, 2.24) is 0 Å². The second kappa shape index (κ2) is 6.92. The van der Waals surface area contributed by atoms with Gasteiger partial charge >= 0.3 is 0 Å². The Morgan fingerprint density at radius 3 is 2.32 bits per heavy atom. The summed E-state index contributed by atoms with van der Waals surface area (Å²) in [5.74, 6) is 0.823. The molecule has 3 N–H and O–H groups in total. The molecular weight excluding hydrogens is 238 g/mol. The van der Waals surface area contributed by atoms with Crippen molar-refractivity contribution >= 4 is 0 Å². The van der Waals surface area contributed by atoms with Gasteiger partial charge in [0.2, 0.25) is 0 Å². The molecule has 0 radical (unpaired) electrons. The molecule has 2 aromatic rings. The van der Waals surface area contributed by atoms with E-state index in [1.807, 2.05) is 54.6 Å². The SMILES string of the molecule is N[C@H](CCO)c1ccc(OCc2ccccc2)cc1. The van der Waals surface area contributed by atoms with Crippen molar-refractivity contribution < 1.29 is 9.84 Å². The maximum atomic E-state index is 8.86. The molecule has 19 heavy (non-hydrogen) atoms. The van der Waals surface area contributed by atoms with Crippen LogP contribution < -0.4 is 10.5 Å². The van der Waals surface area contributed by atoms with Gasteiger partial charge in [0.15, 0.2) is 0 Å². The Balaban J connectivity index is 1.92. The summed E-state index contributed by atoms with van der Waals surface area (Å²) < 4.78 is 5.70. The topological polar surface area (TPSA) is 55.5 Å². The van der Waals surface area contributed by atoms with Crippen LogP contribution in [0.2, 0.25) is 0 Å². The van der Waals surface area contributed by atoms with Crippen LogP contribution in [0, 0.1) is 0 Å². The van der Waals surface area contributed by atoms with Crippen LogP contribution in [0.25, 0.3) is 0 Å². The van der Waals surface area contributed by atoms with E-state index in [1.165, 1.54) is 0 Å². The van der Waals surface area contributed by atoms with E-state index in [-0.39, 0.29) is 12.6 Å². The molecular formula is C16H19NO2. The number of benzene rings is 2. The molecule has 3 heteroatoms. The van der Waals surface area contributed by atoms with Gasteiger partial charge in [-0.05, 0) is 29.7 Å². The van der Waals surface area contributed by atoms with Crippen LogP contribution >= 0.6 is 0 Å². The molecule has 0 aliphatic heterocycles. The minimum Gasteiger partial charge on any atom is -0.489 e. The molecule has 0 amide bonds. The third kappa shape index (κ3) is 4.09. The summed E-state index contributed by atoms with van der Waals surface area (Å²) >= 11 is 0. The Bertz CT molecular complexity index is 482. The zero-order valence-electron chi connectivity index (χ0n) is 10.8. The molecule has 0 aromatic heterocycles. The Kier molecular flexibility index (Phi) is 4.95. The van der Waals surface area contributed by atoms with E-state index in [0.717, 1.165) is 16.9 Å². The van der Waals surface area contributed by atoms with Crippen LogP contribution in [0.5, 0.6) is 5.75 Å². The Morgan fingerprint density at radius 2 is 1.68 bits per heavy atom. The monoisotopic (exact) mass is 257 g/mol. The molecule has 0 heterocycles. The standard InChI is InChI=1S/C16H19NO2/c17-16(10-11-18)14-6-8-15(9-7-14)19-12-13-4-2-1-3-5-13/h1-9,16,18H,10-12,17H2/t16-/m1/s1. The van der Waals surface area contributed by atoms with Gasteiger partial charge in [-0.25, -0.2) is 0 Å². The second-order valence-corrected chi connectivity index (χ2v) is 4.46. The largest absolute Gasteiger partial charge is 0.489 e. The number of nitrogens with two attached hydrogens (primary N) is 1. The number of hydrogen-bond acceptors (Lipinski definition) is 3. The van der Waals surface area contributed by atoms with Gasteiger partial charge in [0.1, 0.15) is 12.4 Å². The van der Waals surface area contributed by atoms with Crippen molar-refractivity contribution in [1.29, 1.82) is 0 Å². The second-order valence-electron chi connectivity index (χ2n) is 4.46. The van der Waals surface area contributed by atoms with Crippen molar-refractivity contribution in [3.63, 3.8) is 0 Å². The van der Waals surface area contributed by atoms with Crippen molar-refractivity contribution in [2.75, 3.05) is 6.61 Å². The summed E-state index contributed by atoms with van der Waals surface area (Å²) in [6.45, 7) is 0.663. The van der Waals surface area contributed by atoms with Crippen LogP contribution in [0.3, 0.4) is 0 Å². The highest BCUT2D eigenvalue weighted by atomic mass is 16.5. The highest BCUT2D eigenvalue weighted by Gasteiger charge is 2.05. The third-order valence-corrected chi connectivity index (χ3v) is 3.00. The maximum Gasteiger partial charge on any atom is 0.119 e. The number of hydrogen-bond donors (Lipinski definition) is 2. The number of aliphatic hydroxyl groups is 1. The predicted molar refractivity (Wildman–Crippen MR) is 75.8 cm³/mol. The van der Waals surface area contributed by atoms with E-state index >= 15 is 0 Å². The minimum absolute atomic E-state index is 0.105. The molecule has 0 saturated carbocycles. The van der Waals surface area contributed by atoms with Crippen molar-refractivity contribution in [3.05, 3.63) is 65.7 Å². The summed E-state index contributed by atoms with van der Waals surface area (Å²) in [7, 11) is 0. The van der Waals surface area contributed by atoms with Gasteiger partial charge < -0.3 is 15.6 Å². The average molecular weight is 257 g/mol. The summed E-state index contributed by atoms with van der Waals surface area (Å²) in [6.07, 6.45) is 0.574. The van der Waals surface area contributed by atoms with E-state index in [9.17, 15) is 0 Å². The van der Waals surface area contributed by atoms with E-state index in [4.69, 9.17) is 15.6 Å². The van der Waals surface area contributed by atoms with Gasteiger partial charge in [0.05, 0.1) is 0 Å². The van der Waals surface area contributed by atoms with Crippen molar-refractivity contribution in [2.45, 2.75) is 19.1 Å². The molecule has 0 bridgehead atoms. The van der Waals surface area contributed by atoms with Crippen LogP contribution in [0.15, 0.2) is 54.6 Å². The van der Waals surface area contributed by atoms with Gasteiger partial charge in [0, 0.05) is 12.6 Å². The van der Waals surface area contributed by atoms with Crippen LogP contribution in [0.4, 0.5) is 0 Å². The van der Waals surface area contributed by atoms with Gasteiger partial charge in [-0.15, -0.1) is 0 Å². The highest BCUT2D eigenvalue weighted by Crippen LogP contribution is 2.19. The first-order valence-corrected chi connectivity index (χ1v) is 6.42. The Labute approximate surface area is 113 Å². The first-order valence-electron chi connectivity index (χ1n) is 6.42. The molecule has 100 valence electrons. The molecule has 0 unspecified atom stereocenters. The molecule has 0 aliphatic rings. The lowest BCUT2D eigenvalue weighted by Gasteiger charge is -2.11. The summed E-state index contributed by atoms with van der Waals surface area (Å²) in [5, 5.41) is 8.86. The first kappa shape index (κ1) is 13.6. The van der Waals surface area contributed by atoms with Crippen LogP contribution in [0.1, 0.15) is 23.6 Å². The van der Waals surface area contributed by atoms with Gasteiger partial charge in [0.25, 0.3) is 0 Å². The molecule has 0 saturated heterocycles. The molecule has 0 fully saturated rings. The zero-order chi connectivity index (χ0) is 13.5. The fraction of sp³-hybridized carbons (Fsp3) is 0.250. The quantitative estimate of drug-likeness (QED) is 0.836. The highest BCUT2D eigenvalue weighted by molar-refractivity contribution is 5.29. The molecule has 1 atom stereocenters. The molecule has 2 aromatic carbocycles. The van der Waals surface area contributed by atoms with Crippen LogP contribution in [-0.4, -0.2) is 11.7 Å². The molecule has 0 aliphatic carbocycles.